The van der Waals surface area contributed by atoms with Crippen molar-refractivity contribution in [1.29, 1.82) is 0 Å². The molecule has 2 aliphatic rings. The third-order valence-corrected chi connectivity index (χ3v) is 4.24. The van der Waals surface area contributed by atoms with Gasteiger partial charge in [0.2, 0.25) is 5.91 Å². The number of carbonyl (C=O) groups is 1. The lowest BCUT2D eigenvalue weighted by molar-refractivity contribution is -0.127. The molecule has 1 atom stereocenters. The Labute approximate surface area is 142 Å². The molecule has 8 nitrogen and oxygen atoms in total. The van der Waals surface area contributed by atoms with E-state index >= 15 is 0 Å². The largest absolute Gasteiger partial charge is 0.370 e. The lowest BCUT2D eigenvalue weighted by atomic mass is 10.1. The maximum atomic E-state index is 11.9. The fourth-order valence-electron chi connectivity index (χ4n) is 2.58. The van der Waals surface area contributed by atoms with Gasteiger partial charge in [-0.25, -0.2) is 4.99 Å². The second-order valence-electron chi connectivity index (χ2n) is 6.60. The zero-order valence-corrected chi connectivity index (χ0v) is 14.6. The summed E-state index contributed by atoms with van der Waals surface area (Å²) in [5.41, 5.74) is 1.07. The van der Waals surface area contributed by atoms with Gasteiger partial charge in [-0.15, -0.1) is 0 Å². The number of ether oxygens (including phenoxy) is 1. The number of nitrogens with zero attached hydrogens (tertiary/aromatic N) is 5. The molecule has 1 unspecified atom stereocenters. The number of amides is 1. The number of hydrogen-bond donors (Lipinski definition) is 1. The number of aryl methyl sites for hydroxylation is 1. The minimum Gasteiger partial charge on any atom is -0.370 e. The first kappa shape index (κ1) is 16.8. The third kappa shape index (κ3) is 4.25. The number of likely N-dealkylation sites (N-methyl/N-ethyl adjacent to an activating group) is 1. The highest BCUT2D eigenvalue weighted by atomic mass is 16.5. The molecule has 1 aromatic rings. The number of guanidine groups is 1. The van der Waals surface area contributed by atoms with Crippen LogP contribution in [-0.4, -0.2) is 77.8 Å². The molecule has 1 aliphatic carbocycles. The van der Waals surface area contributed by atoms with E-state index in [9.17, 15) is 4.79 Å². The summed E-state index contributed by atoms with van der Waals surface area (Å²) in [6.07, 6.45) is 6.13. The molecule has 1 saturated heterocycles. The molecule has 24 heavy (non-hydrogen) atoms. The van der Waals surface area contributed by atoms with Crippen molar-refractivity contribution >= 4 is 11.9 Å². The van der Waals surface area contributed by atoms with Crippen LogP contribution in [0.2, 0.25) is 0 Å². The molecule has 0 bridgehead atoms. The Morgan fingerprint density at radius 2 is 2.29 bits per heavy atom. The highest BCUT2D eigenvalue weighted by molar-refractivity contribution is 5.85. The van der Waals surface area contributed by atoms with Crippen molar-refractivity contribution < 1.29 is 9.53 Å². The molecular weight excluding hydrogens is 308 g/mol. The van der Waals surface area contributed by atoms with Crippen molar-refractivity contribution in [2.45, 2.75) is 25.0 Å². The zero-order valence-electron chi connectivity index (χ0n) is 14.6. The summed E-state index contributed by atoms with van der Waals surface area (Å²) < 4.78 is 7.67. The Hall–Kier alpha value is -2.09. The molecule has 0 spiro atoms. The Morgan fingerprint density at radius 3 is 2.92 bits per heavy atom. The van der Waals surface area contributed by atoms with Crippen molar-refractivity contribution in [1.82, 2.24) is 24.9 Å². The third-order valence-electron chi connectivity index (χ3n) is 4.24. The summed E-state index contributed by atoms with van der Waals surface area (Å²) in [6, 6.07) is 0.484. The van der Waals surface area contributed by atoms with Crippen LogP contribution in [0, 0.1) is 0 Å². The zero-order chi connectivity index (χ0) is 17.1. The molecule has 1 saturated carbocycles. The molecule has 1 N–H and O–H groups in total. The van der Waals surface area contributed by atoms with Crippen molar-refractivity contribution in [3.05, 3.63) is 18.0 Å². The lowest BCUT2D eigenvalue weighted by Gasteiger charge is -2.35. The van der Waals surface area contributed by atoms with Crippen molar-refractivity contribution in [2.75, 3.05) is 40.3 Å². The van der Waals surface area contributed by atoms with Crippen molar-refractivity contribution in [3.8, 4) is 0 Å². The molecule has 2 heterocycles. The molecule has 3 rings (SSSR count). The average Bonchev–Trinajstić information content (AvgIpc) is 3.29. The Kier molecular flexibility index (Phi) is 5.03. The van der Waals surface area contributed by atoms with Gasteiger partial charge < -0.3 is 19.9 Å². The molecular formula is C16H26N6O2. The first-order valence-corrected chi connectivity index (χ1v) is 8.39. The van der Waals surface area contributed by atoms with Gasteiger partial charge in [0.05, 0.1) is 19.3 Å². The summed E-state index contributed by atoms with van der Waals surface area (Å²) in [6.45, 7) is 2.27. The van der Waals surface area contributed by atoms with E-state index in [1.807, 2.05) is 19.4 Å². The maximum absolute atomic E-state index is 11.9. The van der Waals surface area contributed by atoms with E-state index in [-0.39, 0.29) is 18.6 Å². The van der Waals surface area contributed by atoms with Crippen LogP contribution in [0.15, 0.2) is 17.4 Å². The summed E-state index contributed by atoms with van der Waals surface area (Å²) in [5.74, 6) is 0.812. The number of aliphatic imine (C=N–C) groups is 1. The first-order chi connectivity index (χ1) is 11.5. The van der Waals surface area contributed by atoms with Gasteiger partial charge in [0, 0.05) is 45.5 Å². The number of hydrogen-bond acceptors (Lipinski definition) is 4. The van der Waals surface area contributed by atoms with E-state index in [0.29, 0.717) is 19.2 Å². The number of carbonyl (C=O) groups excluding carboxylic acids is 1. The van der Waals surface area contributed by atoms with Crippen LogP contribution in [0.5, 0.6) is 0 Å². The molecule has 8 heteroatoms. The smallest absolute Gasteiger partial charge is 0.243 e. The lowest BCUT2D eigenvalue weighted by Crippen LogP contribution is -2.49. The molecule has 1 aromatic heterocycles. The topological polar surface area (TPSA) is 75.0 Å². The molecule has 1 aliphatic heterocycles. The van der Waals surface area contributed by atoms with E-state index in [0.717, 1.165) is 30.9 Å². The van der Waals surface area contributed by atoms with Crippen LogP contribution in [-0.2, 0) is 16.6 Å². The standard InChI is InChI=1S/C16H26N6O2/c1-20(2)15(23)9-17-16(19-13-4-5-13)22-6-7-24-14(11-22)12-8-18-21(3)10-12/h8,10,13-14H,4-7,9,11H2,1-3H3,(H,17,19). The van der Waals surface area contributed by atoms with Gasteiger partial charge in [-0.2, -0.15) is 5.10 Å². The van der Waals surface area contributed by atoms with E-state index in [1.54, 1.807) is 23.7 Å². The Morgan fingerprint density at radius 1 is 1.50 bits per heavy atom. The van der Waals surface area contributed by atoms with Gasteiger partial charge in [0.15, 0.2) is 5.96 Å². The molecule has 0 radical (unpaired) electrons. The molecule has 2 fully saturated rings. The van der Waals surface area contributed by atoms with E-state index in [1.165, 1.54) is 0 Å². The summed E-state index contributed by atoms with van der Waals surface area (Å²) in [5, 5.41) is 7.68. The van der Waals surface area contributed by atoms with E-state index in [2.05, 4.69) is 20.3 Å². The number of aromatic nitrogens is 2. The number of morpholine rings is 1. The molecule has 132 valence electrons. The molecule has 0 aromatic carbocycles. The quantitative estimate of drug-likeness (QED) is 0.619. The SMILES string of the molecule is CN(C)C(=O)CN=C(NC1CC1)N1CCOC(c2cnn(C)c2)C1. The summed E-state index contributed by atoms with van der Waals surface area (Å²) in [4.78, 5) is 20.2. The van der Waals surface area contributed by atoms with Crippen LogP contribution < -0.4 is 5.32 Å². The van der Waals surface area contributed by atoms with Gasteiger partial charge in [-0.1, -0.05) is 0 Å². The second-order valence-corrected chi connectivity index (χ2v) is 6.60. The van der Waals surface area contributed by atoms with E-state index in [4.69, 9.17) is 4.74 Å². The highest BCUT2D eigenvalue weighted by Crippen LogP contribution is 2.23. The van der Waals surface area contributed by atoms with Gasteiger partial charge in [-0.3, -0.25) is 9.48 Å². The predicted molar refractivity (Wildman–Crippen MR) is 90.6 cm³/mol. The van der Waals surface area contributed by atoms with E-state index < -0.39 is 0 Å². The van der Waals surface area contributed by atoms with Crippen LogP contribution in [0.1, 0.15) is 24.5 Å². The normalized spacial score (nSPS) is 21.7. The van der Waals surface area contributed by atoms with Crippen molar-refractivity contribution in [2.24, 2.45) is 12.0 Å². The van der Waals surface area contributed by atoms with Crippen LogP contribution in [0.25, 0.3) is 0 Å². The number of rotatable bonds is 4. The fourth-order valence-corrected chi connectivity index (χ4v) is 2.58. The first-order valence-electron chi connectivity index (χ1n) is 8.39. The second kappa shape index (κ2) is 7.21. The van der Waals surface area contributed by atoms with Gasteiger partial charge in [-0.05, 0) is 12.8 Å². The van der Waals surface area contributed by atoms with Gasteiger partial charge in [0.25, 0.3) is 0 Å². The number of nitrogens with one attached hydrogen (secondary N) is 1. The highest BCUT2D eigenvalue weighted by Gasteiger charge is 2.29. The molecule has 1 amide bonds. The Bertz CT molecular complexity index is 607. The van der Waals surface area contributed by atoms with Gasteiger partial charge in [0.1, 0.15) is 12.6 Å². The van der Waals surface area contributed by atoms with Crippen LogP contribution in [0.3, 0.4) is 0 Å². The predicted octanol–water partition coefficient (Wildman–Crippen LogP) is -0.0104. The summed E-state index contributed by atoms with van der Waals surface area (Å²) in [7, 11) is 5.40. The minimum atomic E-state index is -0.0248. The van der Waals surface area contributed by atoms with Crippen LogP contribution >= 0.6 is 0 Å². The average molecular weight is 334 g/mol. The minimum absolute atomic E-state index is 0.00201. The summed E-state index contributed by atoms with van der Waals surface area (Å²) >= 11 is 0. The Balaban J connectivity index is 1.69. The monoisotopic (exact) mass is 334 g/mol. The fraction of sp³-hybridized carbons (Fsp3) is 0.688. The van der Waals surface area contributed by atoms with Crippen molar-refractivity contribution in [3.63, 3.8) is 0 Å². The maximum Gasteiger partial charge on any atom is 0.243 e. The van der Waals surface area contributed by atoms with Gasteiger partial charge >= 0.3 is 0 Å². The van der Waals surface area contributed by atoms with Crippen LogP contribution in [0.4, 0.5) is 0 Å².